The fourth-order valence-electron chi connectivity index (χ4n) is 1.80. The van der Waals surface area contributed by atoms with Crippen molar-refractivity contribution in [2.75, 3.05) is 13.6 Å². The summed E-state index contributed by atoms with van der Waals surface area (Å²) in [5.41, 5.74) is 0.648. The van der Waals surface area contributed by atoms with Crippen molar-refractivity contribution in [2.45, 2.75) is 39.3 Å². The van der Waals surface area contributed by atoms with Gasteiger partial charge in [-0.25, -0.2) is 0 Å². The van der Waals surface area contributed by atoms with Crippen LogP contribution in [-0.2, 0) is 4.79 Å². The Morgan fingerprint density at radius 1 is 1.43 bits per heavy atom. The predicted octanol–water partition coefficient (Wildman–Crippen LogP) is 2.50. The molecule has 1 unspecified atom stereocenters. The number of nitro groups is 1. The molecule has 0 saturated heterocycles. The first-order valence-electron chi connectivity index (χ1n) is 6.87. The Morgan fingerprint density at radius 3 is 2.57 bits per heavy atom. The highest BCUT2D eigenvalue weighted by Gasteiger charge is 2.20. The Kier molecular flexibility index (Phi) is 5.43. The van der Waals surface area contributed by atoms with Gasteiger partial charge >= 0.3 is 0 Å². The number of carbonyl (C=O) groups is 1. The maximum Gasteiger partial charge on any atom is 0.269 e. The van der Waals surface area contributed by atoms with Gasteiger partial charge in [0.25, 0.3) is 5.69 Å². The number of hydrogen-bond acceptors (Lipinski definition) is 4. The van der Waals surface area contributed by atoms with Gasteiger partial charge in [-0.3, -0.25) is 14.9 Å². The van der Waals surface area contributed by atoms with Gasteiger partial charge in [-0.15, -0.1) is 0 Å². The highest BCUT2D eigenvalue weighted by Crippen LogP contribution is 2.22. The van der Waals surface area contributed by atoms with E-state index in [9.17, 15) is 14.9 Å². The zero-order valence-corrected chi connectivity index (χ0v) is 13.2. The summed E-state index contributed by atoms with van der Waals surface area (Å²) in [6, 6.07) is 6.15. The van der Waals surface area contributed by atoms with Crippen LogP contribution in [-0.4, -0.2) is 34.9 Å². The molecule has 1 atom stereocenters. The monoisotopic (exact) mass is 293 g/mol. The molecule has 0 aromatic heterocycles. The maximum atomic E-state index is 12.2. The van der Waals surface area contributed by atoms with Gasteiger partial charge in [0.05, 0.1) is 17.5 Å². The van der Waals surface area contributed by atoms with Crippen molar-refractivity contribution in [3.05, 3.63) is 39.9 Å². The number of benzene rings is 1. The minimum Gasteiger partial charge on any atom is -0.338 e. The zero-order valence-electron chi connectivity index (χ0n) is 13.2. The molecule has 0 aliphatic rings. The van der Waals surface area contributed by atoms with Crippen molar-refractivity contribution in [3.63, 3.8) is 0 Å². The van der Waals surface area contributed by atoms with E-state index in [0.717, 1.165) is 5.56 Å². The average molecular weight is 293 g/mol. The molecule has 0 spiro atoms. The Morgan fingerprint density at radius 2 is 2.05 bits per heavy atom. The van der Waals surface area contributed by atoms with Crippen LogP contribution in [0.3, 0.4) is 0 Å². The Bertz CT molecular complexity index is 523. The molecule has 0 aliphatic carbocycles. The molecule has 0 radical (unpaired) electrons. The number of non-ortho nitro benzene ring substituents is 1. The van der Waals surface area contributed by atoms with Gasteiger partial charge in [-0.2, -0.15) is 0 Å². The van der Waals surface area contributed by atoms with E-state index in [2.05, 4.69) is 5.32 Å². The zero-order chi connectivity index (χ0) is 16.2. The van der Waals surface area contributed by atoms with Crippen LogP contribution in [0.5, 0.6) is 0 Å². The molecule has 0 bridgehead atoms. The summed E-state index contributed by atoms with van der Waals surface area (Å²) in [7, 11) is 1.70. The summed E-state index contributed by atoms with van der Waals surface area (Å²) in [5.74, 6) is -0.0519. The van der Waals surface area contributed by atoms with Crippen molar-refractivity contribution in [3.8, 4) is 0 Å². The number of hydrogen-bond donors (Lipinski definition) is 1. The first kappa shape index (κ1) is 17.1. The number of nitrogens with one attached hydrogen (secondary N) is 1. The van der Waals surface area contributed by atoms with E-state index in [1.807, 2.05) is 27.7 Å². The first-order chi connectivity index (χ1) is 9.61. The van der Waals surface area contributed by atoms with Gasteiger partial charge in [-0.1, -0.05) is 12.1 Å². The molecule has 1 rings (SSSR count). The lowest BCUT2D eigenvalue weighted by atomic mass is 10.1. The molecule has 0 saturated carbocycles. The minimum absolute atomic E-state index is 0.0352. The second-order valence-corrected chi connectivity index (χ2v) is 6.14. The van der Waals surface area contributed by atoms with Crippen molar-refractivity contribution < 1.29 is 9.72 Å². The van der Waals surface area contributed by atoms with Crippen LogP contribution in [0.2, 0.25) is 0 Å². The van der Waals surface area contributed by atoms with Crippen LogP contribution in [0.25, 0.3) is 0 Å². The molecular weight excluding hydrogens is 270 g/mol. The van der Waals surface area contributed by atoms with Gasteiger partial charge in [0.15, 0.2) is 0 Å². The van der Waals surface area contributed by atoms with Gasteiger partial charge in [0.1, 0.15) is 0 Å². The predicted molar refractivity (Wildman–Crippen MR) is 82.0 cm³/mol. The van der Waals surface area contributed by atoms with E-state index < -0.39 is 4.92 Å². The fourth-order valence-corrected chi connectivity index (χ4v) is 1.80. The molecule has 21 heavy (non-hydrogen) atoms. The van der Waals surface area contributed by atoms with E-state index in [1.165, 1.54) is 12.1 Å². The molecule has 116 valence electrons. The van der Waals surface area contributed by atoms with Crippen LogP contribution in [0.15, 0.2) is 24.3 Å². The molecule has 0 fully saturated rings. The van der Waals surface area contributed by atoms with Crippen molar-refractivity contribution in [1.82, 2.24) is 10.2 Å². The van der Waals surface area contributed by atoms with Crippen LogP contribution in [0, 0.1) is 10.1 Å². The summed E-state index contributed by atoms with van der Waals surface area (Å²) in [6.07, 6.45) is 0. The Balaban J connectivity index is 2.78. The molecule has 6 nitrogen and oxygen atoms in total. The highest BCUT2D eigenvalue weighted by molar-refractivity contribution is 5.78. The molecular formula is C15H23N3O3. The second-order valence-electron chi connectivity index (χ2n) is 6.14. The average Bonchev–Trinajstić information content (AvgIpc) is 2.42. The van der Waals surface area contributed by atoms with E-state index in [1.54, 1.807) is 24.1 Å². The topological polar surface area (TPSA) is 75.5 Å². The van der Waals surface area contributed by atoms with Gasteiger partial charge in [0, 0.05) is 24.7 Å². The lowest BCUT2D eigenvalue weighted by Crippen LogP contribution is -2.44. The number of amides is 1. The van der Waals surface area contributed by atoms with Gasteiger partial charge in [0.2, 0.25) is 5.91 Å². The third-order valence-corrected chi connectivity index (χ3v) is 3.31. The Labute approximate surface area is 125 Å². The summed E-state index contributed by atoms with van der Waals surface area (Å²) < 4.78 is 0. The number of carbonyl (C=O) groups excluding carboxylic acids is 1. The number of nitrogens with zero attached hydrogens (tertiary/aromatic N) is 2. The van der Waals surface area contributed by atoms with Crippen LogP contribution < -0.4 is 5.32 Å². The van der Waals surface area contributed by atoms with E-state index in [0.29, 0.717) is 0 Å². The first-order valence-corrected chi connectivity index (χ1v) is 6.87. The summed E-state index contributed by atoms with van der Waals surface area (Å²) in [5, 5.41) is 13.9. The molecule has 1 aromatic carbocycles. The van der Waals surface area contributed by atoms with Crippen molar-refractivity contribution in [1.29, 1.82) is 0 Å². The normalized spacial score (nSPS) is 12.8. The Hall–Kier alpha value is -1.95. The minimum atomic E-state index is -0.431. The standard InChI is InChI=1S/C15H23N3O3/c1-11(12-7-6-8-13(9-12)18(20)21)17(5)14(19)10-16-15(2,3)4/h6-9,11,16H,10H2,1-5H3. The van der Waals surface area contributed by atoms with Crippen molar-refractivity contribution in [2.24, 2.45) is 0 Å². The van der Waals surface area contributed by atoms with E-state index in [4.69, 9.17) is 0 Å². The molecule has 0 aliphatic heterocycles. The lowest BCUT2D eigenvalue weighted by molar-refractivity contribution is -0.384. The summed E-state index contributed by atoms with van der Waals surface area (Å²) >= 11 is 0. The smallest absolute Gasteiger partial charge is 0.269 e. The third-order valence-electron chi connectivity index (χ3n) is 3.31. The molecule has 6 heteroatoms. The SMILES string of the molecule is CC(c1cccc([N+](=O)[O-])c1)N(C)C(=O)CNC(C)(C)C. The lowest BCUT2D eigenvalue weighted by Gasteiger charge is -2.27. The highest BCUT2D eigenvalue weighted by atomic mass is 16.6. The van der Waals surface area contributed by atoms with Gasteiger partial charge < -0.3 is 10.2 Å². The second kappa shape index (κ2) is 6.67. The number of rotatable bonds is 5. The third kappa shape index (κ3) is 5.15. The number of nitro benzene ring substituents is 1. The summed E-state index contributed by atoms with van der Waals surface area (Å²) in [4.78, 5) is 24.1. The molecule has 1 aromatic rings. The molecule has 1 amide bonds. The maximum absolute atomic E-state index is 12.2. The fraction of sp³-hybridized carbons (Fsp3) is 0.533. The van der Waals surface area contributed by atoms with E-state index in [-0.39, 0.29) is 29.7 Å². The van der Waals surface area contributed by atoms with Gasteiger partial charge in [-0.05, 0) is 33.3 Å². The van der Waals surface area contributed by atoms with Crippen LogP contribution in [0.4, 0.5) is 5.69 Å². The van der Waals surface area contributed by atoms with Crippen molar-refractivity contribution >= 4 is 11.6 Å². The van der Waals surface area contributed by atoms with Crippen LogP contribution >= 0.6 is 0 Å². The number of likely N-dealkylation sites (N-methyl/N-ethyl adjacent to an activating group) is 1. The molecule has 1 N–H and O–H groups in total. The van der Waals surface area contributed by atoms with Crippen LogP contribution in [0.1, 0.15) is 39.3 Å². The quantitative estimate of drug-likeness (QED) is 0.668. The molecule has 0 heterocycles. The van der Waals surface area contributed by atoms with E-state index >= 15 is 0 Å². The summed E-state index contributed by atoms with van der Waals surface area (Å²) in [6.45, 7) is 8.06. The largest absolute Gasteiger partial charge is 0.338 e.